The van der Waals surface area contributed by atoms with Crippen LogP contribution in [-0.2, 0) is 0 Å². The van der Waals surface area contributed by atoms with Crippen LogP contribution < -0.4 is 10.1 Å². The number of hydrogen-bond acceptors (Lipinski definition) is 2. The summed E-state index contributed by atoms with van der Waals surface area (Å²) in [7, 11) is 1.71. The van der Waals surface area contributed by atoms with Gasteiger partial charge in [-0.05, 0) is 18.5 Å². The van der Waals surface area contributed by atoms with E-state index < -0.39 is 0 Å². The summed E-state index contributed by atoms with van der Waals surface area (Å²) in [5, 5.41) is 3.39. The van der Waals surface area contributed by atoms with Gasteiger partial charge in [-0.1, -0.05) is 6.92 Å². The van der Waals surface area contributed by atoms with Crippen molar-refractivity contribution in [3.63, 3.8) is 0 Å². The van der Waals surface area contributed by atoms with Gasteiger partial charge in [-0.3, -0.25) is 0 Å². The van der Waals surface area contributed by atoms with Gasteiger partial charge in [0.2, 0.25) is 0 Å². The third-order valence-electron chi connectivity index (χ3n) is 2.86. The van der Waals surface area contributed by atoms with Gasteiger partial charge < -0.3 is 15.0 Å². The molecule has 3 heteroatoms. The van der Waals surface area contributed by atoms with E-state index in [9.17, 15) is 0 Å². The Kier molecular flexibility index (Phi) is 2.27. The molecule has 2 rings (SSSR count). The highest BCUT2D eigenvalue weighted by molar-refractivity contribution is 5.32. The SMILES string of the molecule is COc1[nH]ccc1C1CNCC1C. The summed E-state index contributed by atoms with van der Waals surface area (Å²) >= 11 is 0. The maximum atomic E-state index is 5.26. The standard InChI is InChI=1S/C10H16N2O/c1-7-5-11-6-9(7)8-3-4-12-10(8)13-2/h3-4,7,9,11-12H,5-6H2,1-2H3. The Balaban J connectivity index is 2.23. The molecule has 13 heavy (non-hydrogen) atoms. The van der Waals surface area contributed by atoms with Crippen LogP contribution in [0.25, 0.3) is 0 Å². The number of rotatable bonds is 2. The van der Waals surface area contributed by atoms with Gasteiger partial charge in [0, 0.05) is 24.2 Å². The van der Waals surface area contributed by atoms with E-state index in [1.165, 1.54) is 5.56 Å². The lowest BCUT2D eigenvalue weighted by Gasteiger charge is -2.13. The van der Waals surface area contributed by atoms with E-state index in [-0.39, 0.29) is 0 Å². The maximum absolute atomic E-state index is 5.26. The lowest BCUT2D eigenvalue weighted by atomic mass is 9.92. The van der Waals surface area contributed by atoms with Gasteiger partial charge in [0.05, 0.1) is 7.11 Å². The second-order valence-corrected chi connectivity index (χ2v) is 3.71. The number of nitrogens with one attached hydrogen (secondary N) is 2. The average molecular weight is 180 g/mol. The first-order chi connectivity index (χ1) is 6.33. The zero-order chi connectivity index (χ0) is 9.26. The highest BCUT2D eigenvalue weighted by Crippen LogP contribution is 2.32. The molecule has 0 radical (unpaired) electrons. The molecule has 2 heterocycles. The molecule has 0 bridgehead atoms. The van der Waals surface area contributed by atoms with Crippen LogP contribution in [0.4, 0.5) is 0 Å². The quantitative estimate of drug-likeness (QED) is 0.720. The van der Waals surface area contributed by atoms with Crippen molar-refractivity contribution in [1.82, 2.24) is 10.3 Å². The summed E-state index contributed by atoms with van der Waals surface area (Å²) in [6.07, 6.45) is 1.94. The van der Waals surface area contributed by atoms with Crippen molar-refractivity contribution in [2.45, 2.75) is 12.8 Å². The molecule has 1 saturated heterocycles. The van der Waals surface area contributed by atoms with Crippen molar-refractivity contribution in [3.8, 4) is 5.88 Å². The largest absolute Gasteiger partial charge is 0.482 e. The van der Waals surface area contributed by atoms with Gasteiger partial charge in [0.25, 0.3) is 0 Å². The number of methoxy groups -OCH3 is 1. The highest BCUT2D eigenvalue weighted by Gasteiger charge is 2.27. The molecular formula is C10H16N2O. The van der Waals surface area contributed by atoms with Crippen LogP contribution in [0, 0.1) is 5.92 Å². The molecule has 2 N–H and O–H groups in total. The van der Waals surface area contributed by atoms with Gasteiger partial charge in [0.15, 0.2) is 5.88 Å². The second-order valence-electron chi connectivity index (χ2n) is 3.71. The van der Waals surface area contributed by atoms with Gasteiger partial charge in [-0.2, -0.15) is 0 Å². The molecule has 2 atom stereocenters. The Labute approximate surface area is 78.5 Å². The van der Waals surface area contributed by atoms with Crippen molar-refractivity contribution in [2.75, 3.05) is 20.2 Å². The van der Waals surface area contributed by atoms with E-state index in [0.29, 0.717) is 11.8 Å². The predicted octanol–water partition coefficient (Wildman–Crippen LogP) is 1.35. The zero-order valence-corrected chi connectivity index (χ0v) is 8.13. The third kappa shape index (κ3) is 1.44. The first-order valence-electron chi connectivity index (χ1n) is 4.75. The van der Waals surface area contributed by atoms with E-state index in [1.54, 1.807) is 7.11 Å². The summed E-state index contributed by atoms with van der Waals surface area (Å²) in [6.45, 7) is 4.45. The van der Waals surface area contributed by atoms with Gasteiger partial charge in [0.1, 0.15) is 0 Å². The number of aromatic amines is 1. The molecule has 2 unspecified atom stereocenters. The van der Waals surface area contributed by atoms with Crippen LogP contribution in [0.5, 0.6) is 5.88 Å². The molecule has 1 aliphatic heterocycles. The number of H-pyrrole nitrogens is 1. The fraction of sp³-hybridized carbons (Fsp3) is 0.600. The fourth-order valence-electron chi connectivity index (χ4n) is 2.06. The summed E-state index contributed by atoms with van der Waals surface area (Å²) < 4.78 is 5.26. The molecule has 0 aliphatic carbocycles. The predicted molar refractivity (Wildman–Crippen MR) is 52.1 cm³/mol. The Morgan fingerprint density at radius 1 is 1.46 bits per heavy atom. The molecule has 0 saturated carbocycles. The van der Waals surface area contributed by atoms with Crippen molar-refractivity contribution >= 4 is 0 Å². The topological polar surface area (TPSA) is 37.0 Å². The van der Waals surface area contributed by atoms with Crippen LogP contribution in [0.1, 0.15) is 18.4 Å². The van der Waals surface area contributed by atoms with Crippen molar-refractivity contribution < 1.29 is 4.74 Å². The van der Waals surface area contributed by atoms with Crippen molar-refractivity contribution in [1.29, 1.82) is 0 Å². The van der Waals surface area contributed by atoms with Crippen molar-refractivity contribution in [2.24, 2.45) is 5.92 Å². The van der Waals surface area contributed by atoms with Gasteiger partial charge >= 0.3 is 0 Å². The Morgan fingerprint density at radius 2 is 2.31 bits per heavy atom. The molecule has 0 aromatic carbocycles. The number of hydrogen-bond donors (Lipinski definition) is 2. The summed E-state index contributed by atoms with van der Waals surface area (Å²) in [4.78, 5) is 3.10. The van der Waals surface area contributed by atoms with E-state index in [0.717, 1.165) is 19.0 Å². The smallest absolute Gasteiger partial charge is 0.194 e. The first kappa shape index (κ1) is 8.63. The van der Waals surface area contributed by atoms with Crippen LogP contribution in [0.15, 0.2) is 12.3 Å². The molecule has 1 aliphatic rings. The Hall–Kier alpha value is -0.960. The maximum Gasteiger partial charge on any atom is 0.194 e. The summed E-state index contributed by atoms with van der Waals surface area (Å²) in [5.74, 6) is 2.21. The molecular weight excluding hydrogens is 164 g/mol. The minimum Gasteiger partial charge on any atom is -0.482 e. The number of aromatic nitrogens is 1. The van der Waals surface area contributed by atoms with Crippen LogP contribution in [0.2, 0.25) is 0 Å². The normalized spacial score (nSPS) is 27.8. The number of ether oxygens (including phenoxy) is 1. The van der Waals surface area contributed by atoms with Gasteiger partial charge in [-0.25, -0.2) is 0 Å². The third-order valence-corrected chi connectivity index (χ3v) is 2.86. The molecule has 1 fully saturated rings. The first-order valence-corrected chi connectivity index (χ1v) is 4.75. The van der Waals surface area contributed by atoms with Crippen LogP contribution in [0.3, 0.4) is 0 Å². The molecule has 0 spiro atoms. The Bertz CT molecular complexity index is 282. The second kappa shape index (κ2) is 3.42. The molecule has 1 aromatic rings. The van der Waals surface area contributed by atoms with Crippen molar-refractivity contribution in [3.05, 3.63) is 17.8 Å². The van der Waals surface area contributed by atoms with E-state index in [2.05, 4.69) is 23.3 Å². The summed E-state index contributed by atoms with van der Waals surface area (Å²) in [5.41, 5.74) is 1.31. The lowest BCUT2D eigenvalue weighted by molar-refractivity contribution is 0.388. The highest BCUT2D eigenvalue weighted by atomic mass is 16.5. The average Bonchev–Trinajstić information content (AvgIpc) is 2.71. The zero-order valence-electron chi connectivity index (χ0n) is 8.13. The monoisotopic (exact) mass is 180 g/mol. The molecule has 3 nitrogen and oxygen atoms in total. The Morgan fingerprint density at radius 3 is 2.92 bits per heavy atom. The summed E-state index contributed by atoms with van der Waals surface area (Å²) in [6, 6.07) is 2.12. The van der Waals surface area contributed by atoms with Crippen LogP contribution >= 0.6 is 0 Å². The fourth-order valence-corrected chi connectivity index (χ4v) is 2.06. The minimum absolute atomic E-state index is 0.598. The van der Waals surface area contributed by atoms with E-state index in [4.69, 9.17) is 4.74 Å². The molecule has 0 amide bonds. The van der Waals surface area contributed by atoms with E-state index in [1.807, 2.05) is 6.20 Å². The lowest BCUT2D eigenvalue weighted by Crippen LogP contribution is -2.08. The van der Waals surface area contributed by atoms with Gasteiger partial charge in [-0.15, -0.1) is 0 Å². The molecule has 72 valence electrons. The molecule has 1 aromatic heterocycles. The van der Waals surface area contributed by atoms with Crippen LogP contribution in [-0.4, -0.2) is 25.2 Å². The minimum atomic E-state index is 0.598. The van der Waals surface area contributed by atoms with E-state index >= 15 is 0 Å².